The summed E-state index contributed by atoms with van der Waals surface area (Å²) in [4.78, 5) is 14.0. The standard InChI is InChI=1S/C11H11ClN2O2/c12-7-1-2-9-6(3-7)4-10(14-9)8(5-13)11(15)16/h1-4,8,14H,5,13H2,(H,15,16). The minimum atomic E-state index is -0.930. The molecule has 0 bridgehead atoms. The van der Waals surface area contributed by atoms with Gasteiger partial charge in [-0.05, 0) is 24.3 Å². The lowest BCUT2D eigenvalue weighted by Gasteiger charge is -2.05. The van der Waals surface area contributed by atoms with Gasteiger partial charge in [-0.15, -0.1) is 0 Å². The molecule has 1 atom stereocenters. The van der Waals surface area contributed by atoms with E-state index in [1.54, 1.807) is 18.2 Å². The first-order chi connectivity index (χ1) is 7.61. The summed E-state index contributed by atoms with van der Waals surface area (Å²) in [7, 11) is 0. The van der Waals surface area contributed by atoms with E-state index in [1.165, 1.54) is 0 Å². The maximum Gasteiger partial charge on any atom is 0.313 e. The average Bonchev–Trinajstić information content (AvgIpc) is 2.60. The van der Waals surface area contributed by atoms with Gasteiger partial charge in [0, 0.05) is 28.2 Å². The van der Waals surface area contributed by atoms with Gasteiger partial charge in [0.25, 0.3) is 0 Å². The zero-order chi connectivity index (χ0) is 11.7. The number of hydrogen-bond acceptors (Lipinski definition) is 2. The van der Waals surface area contributed by atoms with Gasteiger partial charge in [0.15, 0.2) is 0 Å². The highest BCUT2D eigenvalue weighted by molar-refractivity contribution is 6.31. The molecule has 0 amide bonds. The molecule has 1 heterocycles. The Morgan fingerprint density at radius 1 is 1.50 bits per heavy atom. The molecule has 0 fully saturated rings. The molecule has 1 aromatic heterocycles. The number of aliphatic carboxylic acids is 1. The number of fused-ring (bicyclic) bond motifs is 1. The largest absolute Gasteiger partial charge is 0.481 e. The second kappa shape index (κ2) is 4.15. The number of nitrogens with two attached hydrogens (primary N) is 1. The predicted octanol–water partition coefficient (Wildman–Crippen LogP) is 1.95. The topological polar surface area (TPSA) is 79.1 Å². The Bertz CT molecular complexity index is 536. The fraction of sp³-hybridized carbons (Fsp3) is 0.182. The van der Waals surface area contributed by atoms with Crippen LogP contribution in [0.3, 0.4) is 0 Å². The van der Waals surface area contributed by atoms with Gasteiger partial charge in [-0.25, -0.2) is 0 Å². The molecule has 0 aliphatic carbocycles. The van der Waals surface area contributed by atoms with E-state index in [-0.39, 0.29) is 6.54 Å². The van der Waals surface area contributed by atoms with E-state index in [0.29, 0.717) is 10.7 Å². The number of aromatic amines is 1. The first kappa shape index (κ1) is 11.0. The summed E-state index contributed by atoms with van der Waals surface area (Å²) in [6.07, 6.45) is 0. The van der Waals surface area contributed by atoms with Gasteiger partial charge in [0.05, 0.1) is 0 Å². The molecule has 16 heavy (non-hydrogen) atoms. The number of benzene rings is 1. The molecule has 1 aromatic carbocycles. The first-order valence-corrected chi connectivity index (χ1v) is 5.20. The minimum absolute atomic E-state index is 0.0654. The summed E-state index contributed by atoms with van der Waals surface area (Å²) >= 11 is 5.85. The van der Waals surface area contributed by atoms with Crippen LogP contribution in [-0.4, -0.2) is 22.6 Å². The first-order valence-electron chi connectivity index (χ1n) is 4.83. The summed E-state index contributed by atoms with van der Waals surface area (Å²) < 4.78 is 0. The van der Waals surface area contributed by atoms with E-state index in [9.17, 15) is 4.79 Å². The average molecular weight is 239 g/mol. The Kier molecular flexibility index (Phi) is 2.85. The molecule has 2 rings (SSSR count). The molecule has 0 radical (unpaired) electrons. The number of aromatic nitrogens is 1. The van der Waals surface area contributed by atoms with Crippen LogP contribution >= 0.6 is 11.6 Å². The Balaban J connectivity index is 2.49. The molecule has 0 aliphatic heterocycles. The van der Waals surface area contributed by atoms with Gasteiger partial charge >= 0.3 is 5.97 Å². The number of rotatable bonds is 3. The number of H-pyrrole nitrogens is 1. The molecule has 2 aromatic rings. The summed E-state index contributed by atoms with van der Waals surface area (Å²) in [5.74, 6) is -1.63. The van der Waals surface area contributed by atoms with E-state index in [1.807, 2.05) is 6.07 Å². The molecule has 84 valence electrons. The van der Waals surface area contributed by atoms with Crippen LogP contribution in [0.2, 0.25) is 5.02 Å². The molecular formula is C11H11ClN2O2. The van der Waals surface area contributed by atoms with Crippen LogP contribution in [0.5, 0.6) is 0 Å². The van der Waals surface area contributed by atoms with Crippen molar-refractivity contribution in [2.75, 3.05) is 6.54 Å². The summed E-state index contributed by atoms with van der Waals surface area (Å²) in [6.45, 7) is 0.0654. The smallest absolute Gasteiger partial charge is 0.313 e. The normalized spacial score (nSPS) is 12.9. The number of nitrogens with one attached hydrogen (secondary N) is 1. The van der Waals surface area contributed by atoms with E-state index in [2.05, 4.69) is 4.98 Å². The Hall–Kier alpha value is -1.52. The van der Waals surface area contributed by atoms with E-state index in [0.717, 1.165) is 10.9 Å². The van der Waals surface area contributed by atoms with Crippen molar-refractivity contribution >= 4 is 28.5 Å². The Morgan fingerprint density at radius 2 is 2.25 bits per heavy atom. The van der Waals surface area contributed by atoms with Gasteiger partial charge in [0.2, 0.25) is 0 Å². The van der Waals surface area contributed by atoms with Crippen molar-refractivity contribution in [3.05, 3.63) is 35.0 Å². The fourth-order valence-corrected chi connectivity index (χ4v) is 1.86. The summed E-state index contributed by atoms with van der Waals surface area (Å²) in [5, 5.41) is 10.5. The summed E-state index contributed by atoms with van der Waals surface area (Å²) in [6, 6.07) is 7.12. The zero-order valence-electron chi connectivity index (χ0n) is 8.40. The zero-order valence-corrected chi connectivity index (χ0v) is 9.16. The van der Waals surface area contributed by atoms with Crippen molar-refractivity contribution in [3.63, 3.8) is 0 Å². The lowest BCUT2D eigenvalue weighted by atomic mass is 10.1. The highest BCUT2D eigenvalue weighted by Crippen LogP contribution is 2.23. The van der Waals surface area contributed by atoms with Crippen LogP contribution in [0, 0.1) is 0 Å². The SMILES string of the molecule is NCC(C(=O)O)c1cc2cc(Cl)ccc2[nH]1. The monoisotopic (exact) mass is 238 g/mol. The van der Waals surface area contributed by atoms with Gasteiger partial charge in [0.1, 0.15) is 5.92 Å². The van der Waals surface area contributed by atoms with Gasteiger partial charge in [-0.1, -0.05) is 11.6 Å². The lowest BCUT2D eigenvalue weighted by Crippen LogP contribution is -2.21. The van der Waals surface area contributed by atoms with E-state index < -0.39 is 11.9 Å². The van der Waals surface area contributed by atoms with Crippen molar-refractivity contribution in [2.45, 2.75) is 5.92 Å². The minimum Gasteiger partial charge on any atom is -0.481 e. The third-order valence-corrected chi connectivity index (χ3v) is 2.75. The van der Waals surface area contributed by atoms with Gasteiger partial charge in [-0.2, -0.15) is 0 Å². The number of hydrogen-bond donors (Lipinski definition) is 3. The van der Waals surface area contributed by atoms with Crippen molar-refractivity contribution in [1.29, 1.82) is 0 Å². The predicted molar refractivity (Wildman–Crippen MR) is 62.7 cm³/mol. The molecule has 4 nitrogen and oxygen atoms in total. The second-order valence-electron chi connectivity index (χ2n) is 3.58. The maximum atomic E-state index is 10.9. The molecule has 0 aliphatic rings. The number of carboxylic acids is 1. The number of carbonyl (C=O) groups is 1. The van der Waals surface area contributed by atoms with Crippen LogP contribution < -0.4 is 5.73 Å². The lowest BCUT2D eigenvalue weighted by molar-refractivity contribution is -0.138. The second-order valence-corrected chi connectivity index (χ2v) is 4.02. The molecular weight excluding hydrogens is 228 g/mol. The molecule has 1 unspecified atom stereocenters. The van der Waals surface area contributed by atoms with Gasteiger partial charge in [-0.3, -0.25) is 4.79 Å². The van der Waals surface area contributed by atoms with Crippen LogP contribution in [0.1, 0.15) is 11.6 Å². The summed E-state index contributed by atoms with van der Waals surface area (Å²) in [5.41, 5.74) is 6.89. The molecule has 4 N–H and O–H groups in total. The molecule has 0 saturated carbocycles. The van der Waals surface area contributed by atoms with Gasteiger partial charge < -0.3 is 15.8 Å². The Morgan fingerprint density at radius 3 is 2.88 bits per heavy atom. The van der Waals surface area contributed by atoms with Crippen molar-refractivity contribution in [2.24, 2.45) is 5.73 Å². The van der Waals surface area contributed by atoms with Crippen molar-refractivity contribution in [3.8, 4) is 0 Å². The molecule has 0 spiro atoms. The maximum absolute atomic E-state index is 10.9. The third kappa shape index (κ3) is 1.89. The number of halogens is 1. The van der Waals surface area contributed by atoms with E-state index >= 15 is 0 Å². The molecule has 0 saturated heterocycles. The van der Waals surface area contributed by atoms with Crippen molar-refractivity contribution in [1.82, 2.24) is 4.98 Å². The van der Waals surface area contributed by atoms with E-state index in [4.69, 9.17) is 22.4 Å². The highest BCUT2D eigenvalue weighted by Gasteiger charge is 2.19. The third-order valence-electron chi connectivity index (χ3n) is 2.51. The van der Waals surface area contributed by atoms with Crippen LogP contribution in [0.15, 0.2) is 24.3 Å². The van der Waals surface area contributed by atoms with Crippen LogP contribution in [0.25, 0.3) is 10.9 Å². The highest BCUT2D eigenvalue weighted by atomic mass is 35.5. The van der Waals surface area contributed by atoms with Crippen LogP contribution in [-0.2, 0) is 4.79 Å². The number of carboxylic acid groups (broad SMARTS) is 1. The van der Waals surface area contributed by atoms with Crippen molar-refractivity contribution < 1.29 is 9.90 Å². The molecule has 5 heteroatoms. The van der Waals surface area contributed by atoms with Crippen LogP contribution in [0.4, 0.5) is 0 Å². The fourth-order valence-electron chi connectivity index (χ4n) is 1.67. The Labute approximate surface area is 97.0 Å². The quantitative estimate of drug-likeness (QED) is 0.765.